The van der Waals surface area contributed by atoms with Crippen molar-refractivity contribution in [2.75, 3.05) is 18.6 Å². The lowest BCUT2D eigenvalue weighted by molar-refractivity contribution is -0.132. The van der Waals surface area contributed by atoms with Gasteiger partial charge in [-0.05, 0) is 60.4 Å². The summed E-state index contributed by atoms with van der Waals surface area (Å²) in [7, 11) is 1.49. The maximum absolute atomic E-state index is 13.4. The zero-order chi connectivity index (χ0) is 25.1. The van der Waals surface area contributed by atoms with Crippen LogP contribution in [-0.2, 0) is 9.59 Å². The molecule has 6 nitrogen and oxygen atoms in total. The number of ether oxygens (including phenoxy) is 2. The first kappa shape index (κ1) is 24.1. The zero-order valence-corrected chi connectivity index (χ0v) is 20.3. The van der Waals surface area contributed by atoms with Gasteiger partial charge in [0.2, 0.25) is 0 Å². The predicted molar refractivity (Wildman–Crippen MR) is 136 cm³/mol. The van der Waals surface area contributed by atoms with Gasteiger partial charge in [-0.2, -0.15) is 0 Å². The van der Waals surface area contributed by atoms with Crippen molar-refractivity contribution in [1.82, 2.24) is 0 Å². The first-order chi connectivity index (χ1) is 16.9. The molecule has 1 unspecified atom stereocenters. The van der Waals surface area contributed by atoms with Gasteiger partial charge in [0.15, 0.2) is 0 Å². The number of Topliss-reactive ketones (excluding diaryl/α,β-unsaturated/α-hetero) is 1. The van der Waals surface area contributed by atoms with Gasteiger partial charge in [-0.3, -0.25) is 14.5 Å². The molecular weight excluding hydrogens is 442 g/mol. The summed E-state index contributed by atoms with van der Waals surface area (Å²) in [5.41, 5.74) is 2.76. The van der Waals surface area contributed by atoms with Gasteiger partial charge in [-0.25, -0.2) is 0 Å². The maximum atomic E-state index is 13.4. The molecule has 0 spiro atoms. The quantitative estimate of drug-likeness (QED) is 0.266. The number of hydrogen-bond donors (Lipinski definition) is 1. The van der Waals surface area contributed by atoms with Gasteiger partial charge in [0.05, 0.1) is 30.9 Å². The lowest BCUT2D eigenvalue weighted by Crippen LogP contribution is -2.29. The van der Waals surface area contributed by atoms with Crippen LogP contribution in [0.25, 0.3) is 5.76 Å². The molecule has 4 rings (SSSR count). The van der Waals surface area contributed by atoms with Gasteiger partial charge in [-0.1, -0.05) is 50.2 Å². The summed E-state index contributed by atoms with van der Waals surface area (Å²) in [6.07, 6.45) is 0. The smallest absolute Gasteiger partial charge is 0.300 e. The number of rotatable bonds is 7. The van der Waals surface area contributed by atoms with E-state index in [-0.39, 0.29) is 11.3 Å². The molecular formula is C29H29NO5. The molecule has 1 fully saturated rings. The monoisotopic (exact) mass is 471 g/mol. The van der Waals surface area contributed by atoms with Gasteiger partial charge < -0.3 is 14.6 Å². The number of para-hydroxylation sites is 1. The zero-order valence-electron chi connectivity index (χ0n) is 20.3. The average Bonchev–Trinajstić information content (AvgIpc) is 3.14. The highest BCUT2D eigenvalue weighted by Crippen LogP contribution is 2.43. The number of aliphatic hydroxyl groups is 1. The molecule has 3 aromatic rings. The lowest BCUT2D eigenvalue weighted by atomic mass is 9.93. The molecule has 1 atom stereocenters. The third kappa shape index (κ3) is 4.52. The van der Waals surface area contributed by atoms with Gasteiger partial charge in [-0.15, -0.1) is 0 Å². The molecule has 6 heteroatoms. The van der Waals surface area contributed by atoms with Crippen LogP contribution in [-0.4, -0.2) is 30.5 Å². The highest BCUT2D eigenvalue weighted by Gasteiger charge is 2.47. The molecule has 0 aromatic heterocycles. The van der Waals surface area contributed by atoms with Crippen LogP contribution < -0.4 is 14.4 Å². The standard InChI is InChI=1S/C29H29NO5/c1-5-35-22-16-14-21(15-17-22)30-26(20-12-10-19(11-13-20)18(2)3)25(28(32)29(30)33)27(31)23-8-6-7-9-24(23)34-4/h6-18,26,31H,5H2,1-4H3/b27-25-. The second-order valence-electron chi connectivity index (χ2n) is 8.62. The Morgan fingerprint density at radius 1 is 0.971 bits per heavy atom. The van der Waals surface area contributed by atoms with Gasteiger partial charge >= 0.3 is 0 Å². The van der Waals surface area contributed by atoms with Crippen LogP contribution in [0.5, 0.6) is 11.5 Å². The molecule has 3 aromatic carbocycles. The van der Waals surface area contributed by atoms with Gasteiger partial charge in [0, 0.05) is 5.69 Å². The Kier molecular flexibility index (Phi) is 6.92. The molecule has 0 bridgehead atoms. The van der Waals surface area contributed by atoms with Gasteiger partial charge in [0.25, 0.3) is 11.7 Å². The number of carbonyl (C=O) groups is 2. The van der Waals surface area contributed by atoms with Crippen LogP contribution in [0.4, 0.5) is 5.69 Å². The molecule has 1 aliphatic rings. The van der Waals surface area contributed by atoms with Crippen LogP contribution in [0.15, 0.2) is 78.4 Å². The third-order valence-corrected chi connectivity index (χ3v) is 6.15. The normalized spacial score (nSPS) is 17.2. The van der Waals surface area contributed by atoms with Crippen LogP contribution >= 0.6 is 0 Å². The Morgan fingerprint density at radius 3 is 2.23 bits per heavy atom. The van der Waals surface area contributed by atoms with E-state index in [4.69, 9.17) is 9.47 Å². The topological polar surface area (TPSA) is 76.1 Å². The lowest BCUT2D eigenvalue weighted by Gasteiger charge is -2.26. The molecule has 1 saturated heterocycles. The number of anilines is 1. The van der Waals surface area contributed by atoms with E-state index in [1.807, 2.05) is 31.2 Å². The predicted octanol–water partition coefficient (Wildman–Crippen LogP) is 5.84. The molecule has 1 amide bonds. The number of hydrogen-bond acceptors (Lipinski definition) is 5. The second kappa shape index (κ2) is 10.1. The minimum atomic E-state index is -0.806. The number of nitrogens with zero attached hydrogens (tertiary/aromatic N) is 1. The average molecular weight is 472 g/mol. The number of ketones is 1. The highest BCUT2D eigenvalue weighted by molar-refractivity contribution is 6.51. The summed E-state index contributed by atoms with van der Waals surface area (Å²) < 4.78 is 10.9. The summed E-state index contributed by atoms with van der Waals surface area (Å²) in [4.78, 5) is 28.1. The Labute approximate surface area is 205 Å². The molecule has 1 aliphatic heterocycles. The molecule has 0 aliphatic carbocycles. The Balaban J connectivity index is 1.91. The number of methoxy groups -OCH3 is 1. The minimum absolute atomic E-state index is 0.0191. The van der Waals surface area contributed by atoms with E-state index in [1.54, 1.807) is 48.5 Å². The summed E-state index contributed by atoms with van der Waals surface area (Å²) in [6.45, 7) is 6.61. The van der Waals surface area contributed by atoms with E-state index in [1.165, 1.54) is 12.0 Å². The summed E-state index contributed by atoms with van der Waals surface area (Å²) in [5.74, 6) is -0.322. The molecule has 35 heavy (non-hydrogen) atoms. The van der Waals surface area contributed by atoms with Crippen LogP contribution in [0, 0.1) is 0 Å². The van der Waals surface area contributed by atoms with Crippen molar-refractivity contribution in [3.05, 3.63) is 95.1 Å². The fraction of sp³-hybridized carbons (Fsp3) is 0.241. The number of aliphatic hydroxyl groups excluding tert-OH is 1. The Hall–Kier alpha value is -4.06. The summed E-state index contributed by atoms with van der Waals surface area (Å²) >= 11 is 0. The van der Waals surface area contributed by atoms with E-state index in [2.05, 4.69) is 13.8 Å². The minimum Gasteiger partial charge on any atom is -0.507 e. The first-order valence-corrected chi connectivity index (χ1v) is 11.6. The number of amides is 1. The fourth-order valence-corrected chi connectivity index (χ4v) is 4.33. The van der Waals surface area contributed by atoms with E-state index >= 15 is 0 Å². The number of carbonyl (C=O) groups excluding carboxylic acids is 2. The fourth-order valence-electron chi connectivity index (χ4n) is 4.33. The number of benzene rings is 3. The van der Waals surface area contributed by atoms with Crippen molar-refractivity contribution in [2.45, 2.75) is 32.7 Å². The van der Waals surface area contributed by atoms with Crippen LogP contribution in [0.1, 0.15) is 49.4 Å². The van der Waals surface area contributed by atoms with E-state index in [9.17, 15) is 14.7 Å². The molecule has 0 radical (unpaired) electrons. The SMILES string of the molecule is CCOc1ccc(N2C(=O)C(=O)/C(=C(\O)c3ccccc3OC)C2c2ccc(C(C)C)cc2)cc1. The molecule has 1 heterocycles. The summed E-state index contributed by atoms with van der Waals surface area (Å²) in [5, 5.41) is 11.4. The third-order valence-electron chi connectivity index (χ3n) is 6.15. The largest absolute Gasteiger partial charge is 0.507 e. The van der Waals surface area contributed by atoms with Crippen molar-refractivity contribution in [3.63, 3.8) is 0 Å². The van der Waals surface area contributed by atoms with E-state index in [0.717, 1.165) is 11.1 Å². The van der Waals surface area contributed by atoms with Crippen molar-refractivity contribution in [1.29, 1.82) is 0 Å². The van der Waals surface area contributed by atoms with Crippen molar-refractivity contribution < 1.29 is 24.2 Å². The maximum Gasteiger partial charge on any atom is 0.300 e. The molecule has 180 valence electrons. The van der Waals surface area contributed by atoms with E-state index in [0.29, 0.717) is 35.3 Å². The van der Waals surface area contributed by atoms with Crippen LogP contribution in [0.3, 0.4) is 0 Å². The molecule has 0 saturated carbocycles. The summed E-state index contributed by atoms with van der Waals surface area (Å²) in [6, 6.07) is 20.9. The second-order valence-corrected chi connectivity index (χ2v) is 8.62. The highest BCUT2D eigenvalue weighted by atomic mass is 16.5. The van der Waals surface area contributed by atoms with E-state index < -0.39 is 17.7 Å². The Bertz CT molecular complexity index is 1260. The van der Waals surface area contributed by atoms with Gasteiger partial charge in [0.1, 0.15) is 17.3 Å². The molecule has 1 N–H and O–H groups in total. The van der Waals surface area contributed by atoms with Crippen LogP contribution in [0.2, 0.25) is 0 Å². The Morgan fingerprint density at radius 2 is 1.63 bits per heavy atom. The van der Waals surface area contributed by atoms with Crippen molar-refractivity contribution in [3.8, 4) is 11.5 Å². The first-order valence-electron chi connectivity index (χ1n) is 11.6. The van der Waals surface area contributed by atoms with Crippen molar-refractivity contribution in [2.24, 2.45) is 0 Å². The van der Waals surface area contributed by atoms with Crippen molar-refractivity contribution >= 4 is 23.1 Å².